The summed E-state index contributed by atoms with van der Waals surface area (Å²) in [6.07, 6.45) is 6.87. The molecule has 2 aliphatic heterocycles. The third-order valence-electron chi connectivity index (χ3n) is 4.99. The maximum atomic E-state index is 12.0. The molecule has 2 saturated heterocycles. The number of rotatable bonds is 3. The first-order valence-corrected chi connectivity index (χ1v) is 8.27. The number of hydrogen-bond donors (Lipinski definition) is 3. The monoisotopic (exact) mass is 294 g/mol. The summed E-state index contributed by atoms with van der Waals surface area (Å²) in [7, 11) is 0. The molecule has 0 aromatic rings. The van der Waals surface area contributed by atoms with Gasteiger partial charge in [-0.2, -0.15) is 0 Å². The van der Waals surface area contributed by atoms with Crippen molar-refractivity contribution in [3.63, 3.8) is 0 Å². The Balaban J connectivity index is 1.38. The van der Waals surface area contributed by atoms with Gasteiger partial charge in [0.15, 0.2) is 0 Å². The molecule has 2 heterocycles. The highest BCUT2D eigenvalue weighted by atomic mass is 16.2. The molecule has 3 aliphatic rings. The van der Waals surface area contributed by atoms with Gasteiger partial charge in [0.05, 0.1) is 6.54 Å². The molecule has 0 unspecified atom stereocenters. The van der Waals surface area contributed by atoms with Gasteiger partial charge in [-0.3, -0.25) is 15.0 Å². The Morgan fingerprint density at radius 3 is 2.67 bits per heavy atom. The number of nitrogens with zero attached hydrogens (tertiary/aromatic N) is 1. The molecular formula is C15H26N4O2. The summed E-state index contributed by atoms with van der Waals surface area (Å²) in [5.74, 6) is 0.475. The average Bonchev–Trinajstić information content (AvgIpc) is 3.06. The minimum atomic E-state index is -0.332. The van der Waals surface area contributed by atoms with Crippen molar-refractivity contribution >= 4 is 11.9 Å². The Morgan fingerprint density at radius 2 is 1.90 bits per heavy atom. The van der Waals surface area contributed by atoms with Gasteiger partial charge in [0.25, 0.3) is 0 Å². The number of likely N-dealkylation sites (tertiary alicyclic amines) is 1. The molecule has 0 bridgehead atoms. The minimum absolute atomic E-state index is 0.191. The Hall–Kier alpha value is -1.14. The summed E-state index contributed by atoms with van der Waals surface area (Å²) in [6.45, 7) is 3.30. The standard InChI is InChI=1S/C15H26N4O2/c20-14(18-15(21)17-12-5-1-2-6-12)10-19-8-11-4-3-7-16-13(11)9-19/h11-13,16H,1-10H2,(H2,17,18,20,21)/t11-,13+/m0/s1. The Morgan fingerprint density at radius 1 is 1.10 bits per heavy atom. The lowest BCUT2D eigenvalue weighted by molar-refractivity contribution is -0.120. The number of imide groups is 1. The highest BCUT2D eigenvalue weighted by Crippen LogP contribution is 2.24. The molecule has 1 aliphatic carbocycles. The van der Waals surface area contributed by atoms with Crippen LogP contribution in [0.15, 0.2) is 0 Å². The molecule has 1 saturated carbocycles. The number of fused-ring (bicyclic) bond motifs is 1. The zero-order valence-corrected chi connectivity index (χ0v) is 12.6. The third kappa shape index (κ3) is 3.95. The Kier molecular flexibility index (Phi) is 4.75. The van der Waals surface area contributed by atoms with E-state index in [1.165, 1.54) is 25.7 Å². The minimum Gasteiger partial charge on any atom is -0.335 e. The van der Waals surface area contributed by atoms with Crippen molar-refractivity contribution < 1.29 is 9.59 Å². The molecule has 0 spiro atoms. The lowest BCUT2D eigenvalue weighted by Gasteiger charge is -2.24. The van der Waals surface area contributed by atoms with E-state index < -0.39 is 0 Å². The molecular weight excluding hydrogens is 268 g/mol. The van der Waals surface area contributed by atoms with E-state index in [-0.39, 0.29) is 18.0 Å². The SMILES string of the molecule is O=C(CN1C[C@@H]2CCCN[C@@H]2C1)NC(=O)NC1CCCC1. The second-order valence-electron chi connectivity index (χ2n) is 6.66. The van der Waals surface area contributed by atoms with Gasteiger partial charge in [-0.05, 0) is 38.1 Å². The van der Waals surface area contributed by atoms with E-state index in [0.717, 1.165) is 32.5 Å². The van der Waals surface area contributed by atoms with Crippen molar-refractivity contribution in [3.8, 4) is 0 Å². The Bertz CT molecular complexity index is 381. The topological polar surface area (TPSA) is 73.5 Å². The number of piperidine rings is 1. The fourth-order valence-corrected chi connectivity index (χ4v) is 3.93. The number of hydrogen-bond acceptors (Lipinski definition) is 4. The predicted octanol–water partition coefficient (Wildman–Crippen LogP) is 0.439. The molecule has 3 N–H and O–H groups in total. The molecule has 118 valence electrons. The van der Waals surface area contributed by atoms with Gasteiger partial charge in [0, 0.05) is 25.2 Å². The first kappa shape index (κ1) is 14.8. The normalized spacial score (nSPS) is 30.1. The van der Waals surface area contributed by atoms with Gasteiger partial charge in [-0.25, -0.2) is 4.79 Å². The number of carbonyl (C=O) groups is 2. The van der Waals surface area contributed by atoms with Crippen LogP contribution in [0.5, 0.6) is 0 Å². The smallest absolute Gasteiger partial charge is 0.321 e. The lowest BCUT2D eigenvalue weighted by Crippen LogP contribution is -2.47. The second kappa shape index (κ2) is 6.75. The van der Waals surface area contributed by atoms with Crippen LogP contribution in [-0.2, 0) is 4.79 Å². The van der Waals surface area contributed by atoms with E-state index in [2.05, 4.69) is 20.9 Å². The van der Waals surface area contributed by atoms with E-state index >= 15 is 0 Å². The van der Waals surface area contributed by atoms with E-state index in [0.29, 0.717) is 18.5 Å². The van der Waals surface area contributed by atoms with Crippen LogP contribution in [-0.4, -0.2) is 55.1 Å². The van der Waals surface area contributed by atoms with Crippen LogP contribution in [0.25, 0.3) is 0 Å². The molecule has 6 heteroatoms. The predicted molar refractivity (Wildman–Crippen MR) is 79.9 cm³/mol. The molecule has 3 amide bonds. The number of carbonyl (C=O) groups excluding carboxylic acids is 2. The summed E-state index contributed by atoms with van der Waals surface area (Å²) in [5.41, 5.74) is 0. The number of urea groups is 1. The van der Waals surface area contributed by atoms with E-state index in [1.807, 2.05) is 0 Å². The van der Waals surface area contributed by atoms with Crippen molar-refractivity contribution in [2.45, 2.75) is 50.6 Å². The van der Waals surface area contributed by atoms with Crippen LogP contribution in [0, 0.1) is 5.92 Å². The van der Waals surface area contributed by atoms with Gasteiger partial charge >= 0.3 is 6.03 Å². The first-order valence-electron chi connectivity index (χ1n) is 8.27. The molecule has 0 radical (unpaired) electrons. The summed E-state index contributed by atoms with van der Waals surface area (Å²) in [5, 5.41) is 8.87. The molecule has 3 fully saturated rings. The molecule has 6 nitrogen and oxygen atoms in total. The summed E-state index contributed by atoms with van der Waals surface area (Å²) < 4.78 is 0. The van der Waals surface area contributed by atoms with Gasteiger partial charge in [-0.1, -0.05) is 12.8 Å². The molecule has 0 aromatic carbocycles. The summed E-state index contributed by atoms with van der Waals surface area (Å²) in [6, 6.07) is 0.442. The zero-order chi connectivity index (χ0) is 14.7. The highest BCUT2D eigenvalue weighted by molar-refractivity contribution is 5.95. The van der Waals surface area contributed by atoms with Gasteiger partial charge in [0.1, 0.15) is 0 Å². The van der Waals surface area contributed by atoms with Crippen LogP contribution in [0.2, 0.25) is 0 Å². The maximum absolute atomic E-state index is 12.0. The maximum Gasteiger partial charge on any atom is 0.321 e. The van der Waals surface area contributed by atoms with Gasteiger partial charge < -0.3 is 10.6 Å². The number of amides is 3. The van der Waals surface area contributed by atoms with E-state index in [4.69, 9.17) is 0 Å². The highest BCUT2D eigenvalue weighted by Gasteiger charge is 2.34. The van der Waals surface area contributed by atoms with Crippen LogP contribution in [0.3, 0.4) is 0 Å². The average molecular weight is 294 g/mol. The lowest BCUT2D eigenvalue weighted by atomic mass is 9.94. The van der Waals surface area contributed by atoms with Crippen LogP contribution < -0.4 is 16.0 Å². The van der Waals surface area contributed by atoms with E-state index in [1.54, 1.807) is 0 Å². The van der Waals surface area contributed by atoms with Crippen molar-refractivity contribution in [3.05, 3.63) is 0 Å². The van der Waals surface area contributed by atoms with Gasteiger partial charge in [0.2, 0.25) is 5.91 Å². The second-order valence-corrected chi connectivity index (χ2v) is 6.66. The van der Waals surface area contributed by atoms with Crippen molar-refractivity contribution in [2.75, 3.05) is 26.2 Å². The molecule has 0 aromatic heterocycles. The summed E-state index contributed by atoms with van der Waals surface area (Å²) >= 11 is 0. The molecule has 21 heavy (non-hydrogen) atoms. The Labute approximate surface area is 126 Å². The van der Waals surface area contributed by atoms with Gasteiger partial charge in [-0.15, -0.1) is 0 Å². The van der Waals surface area contributed by atoms with Crippen molar-refractivity contribution in [1.29, 1.82) is 0 Å². The largest absolute Gasteiger partial charge is 0.335 e. The first-order chi connectivity index (χ1) is 10.2. The van der Waals surface area contributed by atoms with Crippen molar-refractivity contribution in [1.82, 2.24) is 20.9 Å². The molecule has 3 rings (SSSR count). The summed E-state index contributed by atoms with van der Waals surface area (Å²) in [4.78, 5) is 25.9. The number of nitrogens with one attached hydrogen (secondary N) is 3. The van der Waals surface area contributed by atoms with Crippen LogP contribution in [0.4, 0.5) is 4.79 Å². The molecule has 2 atom stereocenters. The van der Waals surface area contributed by atoms with Crippen LogP contribution in [0.1, 0.15) is 38.5 Å². The zero-order valence-electron chi connectivity index (χ0n) is 12.6. The quantitative estimate of drug-likeness (QED) is 0.706. The van der Waals surface area contributed by atoms with E-state index in [9.17, 15) is 9.59 Å². The fraction of sp³-hybridized carbons (Fsp3) is 0.867. The van der Waals surface area contributed by atoms with Crippen molar-refractivity contribution in [2.24, 2.45) is 5.92 Å². The third-order valence-corrected chi connectivity index (χ3v) is 4.99. The van der Waals surface area contributed by atoms with Crippen LogP contribution >= 0.6 is 0 Å². The fourth-order valence-electron chi connectivity index (χ4n) is 3.93.